The smallest absolute Gasteiger partial charge is 0.211 e. The van der Waals surface area contributed by atoms with Crippen LogP contribution in [0.5, 0.6) is 5.75 Å². The number of fused-ring (bicyclic) bond motifs is 1. The molecular formula is C14H19NO4. The van der Waals surface area contributed by atoms with E-state index in [0.29, 0.717) is 5.75 Å². The molecule has 1 unspecified atom stereocenters. The predicted molar refractivity (Wildman–Crippen MR) is 70.7 cm³/mol. The zero-order chi connectivity index (χ0) is 13.8. The first-order chi connectivity index (χ1) is 9.13. The van der Waals surface area contributed by atoms with Gasteiger partial charge in [0.05, 0.1) is 5.92 Å². The highest BCUT2D eigenvalue weighted by molar-refractivity contribution is 5.38. The van der Waals surface area contributed by atoms with Crippen LogP contribution in [0.4, 0.5) is 0 Å². The van der Waals surface area contributed by atoms with E-state index >= 15 is 0 Å². The summed E-state index contributed by atoms with van der Waals surface area (Å²) in [6.45, 7) is 1.90. The number of unbranched alkanes of at least 4 members (excludes halogenated alkanes) is 1. The Balaban J connectivity index is 2.30. The maximum absolute atomic E-state index is 10.9. The van der Waals surface area contributed by atoms with Crippen molar-refractivity contribution in [3.63, 3.8) is 0 Å². The highest BCUT2D eigenvalue weighted by Crippen LogP contribution is 2.41. The van der Waals surface area contributed by atoms with Crippen LogP contribution >= 0.6 is 0 Å². The Morgan fingerprint density at radius 1 is 1.42 bits per heavy atom. The standard InChI is InChI=1S/C14H19NO4/c1-2-3-6-11-12(9-15(17)18)10-7-4-5-8-13(10)19-14(11)16/h4-5,7-8,11-12,14,16H,2-3,6,9H2,1H3/t11-,12-,14?/m1/s1. The Labute approximate surface area is 112 Å². The first-order valence-electron chi connectivity index (χ1n) is 6.69. The van der Waals surface area contributed by atoms with E-state index in [0.717, 1.165) is 24.8 Å². The molecule has 0 saturated carbocycles. The summed E-state index contributed by atoms with van der Waals surface area (Å²) in [7, 11) is 0. The Morgan fingerprint density at radius 3 is 2.84 bits per heavy atom. The third-order valence-corrected chi connectivity index (χ3v) is 3.69. The fourth-order valence-corrected chi connectivity index (χ4v) is 2.72. The molecule has 0 saturated heterocycles. The Hall–Kier alpha value is -1.62. The maximum Gasteiger partial charge on any atom is 0.211 e. The number of hydrogen-bond acceptors (Lipinski definition) is 4. The summed E-state index contributed by atoms with van der Waals surface area (Å²) in [4.78, 5) is 10.6. The molecule has 0 aromatic heterocycles. The van der Waals surface area contributed by atoms with Crippen molar-refractivity contribution in [1.29, 1.82) is 0 Å². The van der Waals surface area contributed by atoms with Gasteiger partial charge in [-0.2, -0.15) is 0 Å². The van der Waals surface area contributed by atoms with Gasteiger partial charge in [0, 0.05) is 16.4 Å². The van der Waals surface area contributed by atoms with E-state index < -0.39 is 6.29 Å². The van der Waals surface area contributed by atoms with Gasteiger partial charge < -0.3 is 9.84 Å². The molecule has 0 fully saturated rings. The van der Waals surface area contributed by atoms with Gasteiger partial charge in [-0.15, -0.1) is 0 Å². The average molecular weight is 265 g/mol. The molecule has 0 radical (unpaired) electrons. The Bertz CT molecular complexity index is 449. The van der Waals surface area contributed by atoms with Crippen molar-refractivity contribution in [1.82, 2.24) is 0 Å². The molecule has 0 aliphatic carbocycles. The Kier molecular flexibility index (Phi) is 4.37. The van der Waals surface area contributed by atoms with Gasteiger partial charge in [-0.25, -0.2) is 0 Å². The molecule has 1 aliphatic rings. The predicted octanol–water partition coefficient (Wildman–Crippen LogP) is 2.56. The van der Waals surface area contributed by atoms with Gasteiger partial charge in [0.1, 0.15) is 5.75 Å². The van der Waals surface area contributed by atoms with E-state index in [9.17, 15) is 15.2 Å². The van der Waals surface area contributed by atoms with Crippen molar-refractivity contribution >= 4 is 0 Å². The number of para-hydroxylation sites is 1. The zero-order valence-electron chi connectivity index (χ0n) is 11.0. The van der Waals surface area contributed by atoms with E-state index in [2.05, 4.69) is 6.92 Å². The van der Waals surface area contributed by atoms with Crippen LogP contribution < -0.4 is 4.74 Å². The van der Waals surface area contributed by atoms with Crippen molar-refractivity contribution in [2.75, 3.05) is 6.54 Å². The van der Waals surface area contributed by atoms with E-state index in [1.165, 1.54) is 0 Å². The van der Waals surface area contributed by atoms with Crippen molar-refractivity contribution in [2.45, 2.75) is 38.4 Å². The zero-order valence-corrected chi connectivity index (χ0v) is 11.0. The van der Waals surface area contributed by atoms with Gasteiger partial charge in [0.15, 0.2) is 0 Å². The van der Waals surface area contributed by atoms with Crippen LogP contribution in [0.1, 0.15) is 37.7 Å². The molecule has 0 spiro atoms. The lowest BCUT2D eigenvalue weighted by molar-refractivity contribution is -0.486. The maximum atomic E-state index is 10.9. The number of aliphatic hydroxyl groups is 1. The fraction of sp³-hybridized carbons (Fsp3) is 0.571. The third-order valence-electron chi connectivity index (χ3n) is 3.69. The van der Waals surface area contributed by atoms with Gasteiger partial charge in [0.25, 0.3) is 0 Å². The second-order valence-electron chi connectivity index (χ2n) is 4.97. The summed E-state index contributed by atoms with van der Waals surface area (Å²) in [6.07, 6.45) is 1.72. The lowest BCUT2D eigenvalue weighted by Gasteiger charge is -2.35. The topological polar surface area (TPSA) is 72.6 Å². The van der Waals surface area contributed by atoms with E-state index in [1.54, 1.807) is 12.1 Å². The molecule has 1 aromatic rings. The molecule has 2 rings (SSSR count). The molecule has 1 N–H and O–H groups in total. The number of nitrogens with zero attached hydrogens (tertiary/aromatic N) is 1. The fourth-order valence-electron chi connectivity index (χ4n) is 2.72. The minimum Gasteiger partial charge on any atom is -0.465 e. The van der Waals surface area contributed by atoms with Crippen LogP contribution in [-0.2, 0) is 0 Å². The molecule has 3 atom stereocenters. The van der Waals surface area contributed by atoms with E-state index in [1.807, 2.05) is 12.1 Å². The summed E-state index contributed by atoms with van der Waals surface area (Å²) in [5.41, 5.74) is 0.839. The molecule has 1 heterocycles. The molecule has 0 bridgehead atoms. The van der Waals surface area contributed by atoms with Crippen LogP contribution in [0.3, 0.4) is 0 Å². The minimum absolute atomic E-state index is 0.161. The van der Waals surface area contributed by atoms with Gasteiger partial charge in [-0.1, -0.05) is 38.0 Å². The minimum atomic E-state index is -0.952. The summed E-state index contributed by atoms with van der Waals surface area (Å²) in [5.74, 6) is 0.0800. The van der Waals surface area contributed by atoms with Crippen LogP contribution in [0.2, 0.25) is 0 Å². The molecule has 1 aliphatic heterocycles. The van der Waals surface area contributed by atoms with Crippen LogP contribution in [0.15, 0.2) is 24.3 Å². The molecular weight excluding hydrogens is 246 g/mol. The SMILES string of the molecule is CCCC[C@H]1C(O)Oc2ccccc2[C@H]1C[N+](=O)[O-]. The molecule has 5 nitrogen and oxygen atoms in total. The number of benzene rings is 1. The summed E-state index contributed by atoms with van der Waals surface area (Å²) in [5, 5.41) is 21.0. The van der Waals surface area contributed by atoms with Gasteiger partial charge in [-0.3, -0.25) is 10.1 Å². The molecule has 0 amide bonds. The van der Waals surface area contributed by atoms with Crippen molar-refractivity contribution < 1.29 is 14.8 Å². The van der Waals surface area contributed by atoms with Crippen LogP contribution in [0, 0.1) is 16.0 Å². The van der Waals surface area contributed by atoms with Crippen LogP contribution in [-0.4, -0.2) is 22.9 Å². The van der Waals surface area contributed by atoms with Crippen LogP contribution in [0.25, 0.3) is 0 Å². The Morgan fingerprint density at radius 2 is 2.16 bits per heavy atom. The summed E-state index contributed by atoms with van der Waals surface area (Å²) in [6, 6.07) is 7.26. The summed E-state index contributed by atoms with van der Waals surface area (Å²) < 4.78 is 5.49. The van der Waals surface area contributed by atoms with Gasteiger partial charge in [0.2, 0.25) is 12.8 Å². The number of nitro groups is 1. The van der Waals surface area contributed by atoms with Gasteiger partial charge >= 0.3 is 0 Å². The normalized spacial score (nSPS) is 25.5. The van der Waals surface area contributed by atoms with Crippen molar-refractivity contribution in [3.05, 3.63) is 39.9 Å². The number of aliphatic hydroxyl groups excluding tert-OH is 1. The average Bonchev–Trinajstić information content (AvgIpc) is 2.37. The third kappa shape index (κ3) is 3.04. The summed E-state index contributed by atoms with van der Waals surface area (Å²) >= 11 is 0. The molecule has 104 valence electrons. The van der Waals surface area contributed by atoms with Crippen molar-refractivity contribution in [2.24, 2.45) is 5.92 Å². The molecule has 5 heteroatoms. The highest BCUT2D eigenvalue weighted by atomic mass is 16.6. The number of ether oxygens (including phenoxy) is 1. The lowest BCUT2D eigenvalue weighted by atomic mass is 9.80. The largest absolute Gasteiger partial charge is 0.465 e. The number of hydrogen-bond donors (Lipinski definition) is 1. The highest BCUT2D eigenvalue weighted by Gasteiger charge is 2.39. The second-order valence-corrected chi connectivity index (χ2v) is 4.97. The van der Waals surface area contributed by atoms with Gasteiger partial charge in [-0.05, 0) is 12.5 Å². The number of rotatable bonds is 5. The van der Waals surface area contributed by atoms with E-state index in [4.69, 9.17) is 4.74 Å². The van der Waals surface area contributed by atoms with E-state index in [-0.39, 0.29) is 23.3 Å². The lowest BCUT2D eigenvalue weighted by Crippen LogP contribution is -2.38. The van der Waals surface area contributed by atoms with Crippen molar-refractivity contribution in [3.8, 4) is 5.75 Å². The monoisotopic (exact) mass is 265 g/mol. The quantitative estimate of drug-likeness (QED) is 0.656. The second kappa shape index (κ2) is 6.02. The first kappa shape index (κ1) is 13.8. The molecule has 19 heavy (non-hydrogen) atoms. The molecule has 1 aromatic carbocycles. The first-order valence-corrected chi connectivity index (χ1v) is 6.69.